The number of carbonyl (C=O) groups is 2. The number of nitrogens with zero attached hydrogens (tertiary/aromatic N) is 1. The van der Waals surface area contributed by atoms with Gasteiger partial charge in [0.15, 0.2) is 0 Å². The summed E-state index contributed by atoms with van der Waals surface area (Å²) in [6, 6.07) is 8.09. The van der Waals surface area contributed by atoms with Crippen LogP contribution in [-0.4, -0.2) is 23.0 Å². The summed E-state index contributed by atoms with van der Waals surface area (Å²) >= 11 is 0. The summed E-state index contributed by atoms with van der Waals surface area (Å²) in [5.74, 6) is -0.756. The Bertz CT molecular complexity index is 705. The molecule has 0 spiro atoms. The van der Waals surface area contributed by atoms with E-state index in [1.54, 1.807) is 30.5 Å². The van der Waals surface area contributed by atoms with Crippen LogP contribution in [0.2, 0.25) is 0 Å². The third-order valence-corrected chi connectivity index (χ3v) is 3.53. The van der Waals surface area contributed by atoms with Crippen molar-refractivity contribution in [1.82, 2.24) is 15.6 Å². The summed E-state index contributed by atoms with van der Waals surface area (Å²) < 4.78 is 12.9. The van der Waals surface area contributed by atoms with Gasteiger partial charge in [-0.3, -0.25) is 9.78 Å². The highest BCUT2D eigenvalue weighted by molar-refractivity contribution is 5.97. The number of amides is 3. The van der Waals surface area contributed by atoms with Gasteiger partial charge in [0, 0.05) is 12.7 Å². The molecule has 0 aliphatic carbocycles. The van der Waals surface area contributed by atoms with E-state index in [1.807, 2.05) is 13.8 Å². The molecule has 25 heavy (non-hydrogen) atoms. The minimum atomic E-state index is -0.701. The summed E-state index contributed by atoms with van der Waals surface area (Å²) in [4.78, 5) is 28.4. The van der Waals surface area contributed by atoms with E-state index >= 15 is 0 Å². The molecule has 1 aromatic carbocycles. The third kappa shape index (κ3) is 5.87. The second-order valence-electron chi connectivity index (χ2n) is 5.91. The lowest BCUT2D eigenvalue weighted by Gasteiger charge is -2.22. The number of urea groups is 1. The van der Waals surface area contributed by atoms with Crippen molar-refractivity contribution < 1.29 is 14.0 Å². The van der Waals surface area contributed by atoms with Gasteiger partial charge in [0.05, 0.1) is 11.9 Å². The van der Waals surface area contributed by atoms with E-state index in [9.17, 15) is 14.0 Å². The van der Waals surface area contributed by atoms with E-state index in [0.717, 1.165) is 5.56 Å². The van der Waals surface area contributed by atoms with E-state index in [2.05, 4.69) is 20.9 Å². The van der Waals surface area contributed by atoms with Crippen LogP contribution in [0.1, 0.15) is 19.4 Å². The Morgan fingerprint density at radius 3 is 2.48 bits per heavy atom. The smallest absolute Gasteiger partial charge is 0.315 e. The number of nitrogens with one attached hydrogen (secondary N) is 3. The highest BCUT2D eigenvalue weighted by atomic mass is 19.1. The minimum Gasteiger partial charge on any atom is -0.334 e. The van der Waals surface area contributed by atoms with Gasteiger partial charge in [0.2, 0.25) is 5.91 Å². The first kappa shape index (κ1) is 18.4. The van der Waals surface area contributed by atoms with Crippen LogP contribution >= 0.6 is 0 Å². The molecule has 1 aromatic heterocycles. The van der Waals surface area contributed by atoms with Crippen LogP contribution in [0.25, 0.3) is 0 Å². The van der Waals surface area contributed by atoms with Gasteiger partial charge >= 0.3 is 6.03 Å². The van der Waals surface area contributed by atoms with Crippen molar-refractivity contribution in [3.63, 3.8) is 0 Å². The molecule has 0 aliphatic rings. The number of hydrogen-bond acceptors (Lipinski definition) is 3. The molecule has 1 heterocycles. The Morgan fingerprint density at radius 1 is 1.16 bits per heavy atom. The first-order valence-corrected chi connectivity index (χ1v) is 7.95. The van der Waals surface area contributed by atoms with Crippen molar-refractivity contribution in [1.29, 1.82) is 0 Å². The van der Waals surface area contributed by atoms with E-state index in [4.69, 9.17) is 0 Å². The van der Waals surface area contributed by atoms with Crippen LogP contribution in [0, 0.1) is 11.7 Å². The molecule has 2 aromatic rings. The highest BCUT2D eigenvalue weighted by Crippen LogP contribution is 2.08. The van der Waals surface area contributed by atoms with Crippen molar-refractivity contribution in [2.24, 2.45) is 5.92 Å². The molecular formula is C18H21FN4O2. The molecule has 1 atom stereocenters. The number of benzene rings is 1. The van der Waals surface area contributed by atoms with Crippen molar-refractivity contribution in [3.8, 4) is 0 Å². The van der Waals surface area contributed by atoms with Crippen LogP contribution in [0.3, 0.4) is 0 Å². The van der Waals surface area contributed by atoms with Crippen molar-refractivity contribution in [2.45, 2.75) is 26.4 Å². The lowest BCUT2D eigenvalue weighted by Crippen LogP contribution is -2.50. The number of hydrogen-bond donors (Lipinski definition) is 3. The monoisotopic (exact) mass is 344 g/mol. The lowest BCUT2D eigenvalue weighted by atomic mass is 10.0. The number of carbonyl (C=O) groups excluding carboxylic acids is 2. The zero-order valence-corrected chi connectivity index (χ0v) is 14.1. The predicted molar refractivity (Wildman–Crippen MR) is 93.3 cm³/mol. The fraction of sp³-hybridized carbons (Fsp3) is 0.278. The molecule has 0 fully saturated rings. The number of aromatic nitrogens is 1. The molecule has 132 valence electrons. The Labute approximate surface area is 145 Å². The van der Waals surface area contributed by atoms with Crippen molar-refractivity contribution in [2.75, 3.05) is 5.32 Å². The van der Waals surface area contributed by atoms with Crippen LogP contribution in [-0.2, 0) is 11.3 Å². The summed E-state index contributed by atoms with van der Waals surface area (Å²) in [6.45, 7) is 3.92. The van der Waals surface area contributed by atoms with Gasteiger partial charge < -0.3 is 16.0 Å². The van der Waals surface area contributed by atoms with Crippen LogP contribution in [0.5, 0.6) is 0 Å². The Hall–Kier alpha value is -2.96. The fourth-order valence-corrected chi connectivity index (χ4v) is 2.17. The zero-order valence-electron chi connectivity index (χ0n) is 14.1. The molecule has 7 heteroatoms. The van der Waals surface area contributed by atoms with E-state index in [1.165, 1.54) is 18.3 Å². The number of pyridine rings is 1. The maximum absolute atomic E-state index is 12.9. The molecule has 6 nitrogen and oxygen atoms in total. The van der Waals surface area contributed by atoms with Gasteiger partial charge in [-0.2, -0.15) is 0 Å². The largest absolute Gasteiger partial charge is 0.334 e. The highest BCUT2D eigenvalue weighted by Gasteiger charge is 2.24. The van der Waals surface area contributed by atoms with Crippen molar-refractivity contribution >= 4 is 17.6 Å². The Balaban J connectivity index is 1.90. The molecule has 0 aliphatic heterocycles. The molecule has 0 radical (unpaired) electrons. The second-order valence-corrected chi connectivity index (χ2v) is 5.91. The molecule has 0 saturated carbocycles. The SMILES string of the molecule is CC(C)[C@@H](NC(=O)NCc1ccc(F)cc1)C(=O)Nc1cccnc1. The predicted octanol–water partition coefficient (Wildman–Crippen LogP) is 2.68. The maximum atomic E-state index is 12.9. The van der Waals surface area contributed by atoms with Gasteiger partial charge in [0.25, 0.3) is 0 Å². The number of rotatable bonds is 6. The van der Waals surface area contributed by atoms with Gasteiger partial charge in [0.1, 0.15) is 11.9 Å². The Morgan fingerprint density at radius 2 is 1.88 bits per heavy atom. The van der Waals surface area contributed by atoms with E-state index in [0.29, 0.717) is 5.69 Å². The number of halogens is 1. The summed E-state index contributed by atoms with van der Waals surface area (Å²) in [5.41, 5.74) is 1.32. The zero-order chi connectivity index (χ0) is 18.2. The van der Waals surface area contributed by atoms with Crippen LogP contribution in [0.15, 0.2) is 48.8 Å². The van der Waals surface area contributed by atoms with Crippen molar-refractivity contribution in [3.05, 3.63) is 60.2 Å². The molecule has 0 saturated heterocycles. The molecule has 2 rings (SSSR count). The third-order valence-electron chi connectivity index (χ3n) is 3.53. The molecule has 3 N–H and O–H groups in total. The first-order valence-electron chi connectivity index (χ1n) is 7.95. The molecule has 3 amide bonds. The van der Waals surface area contributed by atoms with Gasteiger partial charge in [-0.1, -0.05) is 26.0 Å². The summed E-state index contributed by atoms with van der Waals surface area (Å²) in [6.07, 6.45) is 3.14. The molecular weight excluding hydrogens is 323 g/mol. The fourth-order valence-electron chi connectivity index (χ4n) is 2.17. The van der Waals surface area contributed by atoms with E-state index in [-0.39, 0.29) is 24.2 Å². The normalized spacial score (nSPS) is 11.7. The average Bonchev–Trinajstić information content (AvgIpc) is 2.59. The van der Waals surface area contributed by atoms with Crippen LogP contribution < -0.4 is 16.0 Å². The van der Waals surface area contributed by atoms with Gasteiger partial charge in [-0.25, -0.2) is 9.18 Å². The minimum absolute atomic E-state index is 0.103. The standard InChI is InChI=1S/C18H21FN4O2/c1-12(2)16(17(24)22-15-4-3-9-20-11-15)23-18(25)21-10-13-5-7-14(19)8-6-13/h3-9,11-12,16H,10H2,1-2H3,(H,22,24)(H2,21,23,25)/t16-/m1/s1. The van der Waals surface area contributed by atoms with E-state index < -0.39 is 12.1 Å². The number of anilines is 1. The molecule has 0 bridgehead atoms. The first-order chi connectivity index (χ1) is 12.0. The molecule has 0 unspecified atom stereocenters. The van der Waals surface area contributed by atoms with Crippen LogP contribution in [0.4, 0.5) is 14.9 Å². The summed E-state index contributed by atoms with van der Waals surface area (Å²) in [5, 5.41) is 8.04. The topological polar surface area (TPSA) is 83.1 Å². The quantitative estimate of drug-likeness (QED) is 0.753. The second kappa shape index (κ2) is 8.77. The summed E-state index contributed by atoms with van der Waals surface area (Å²) in [7, 11) is 0. The lowest BCUT2D eigenvalue weighted by molar-refractivity contribution is -0.118. The van der Waals surface area contributed by atoms with Gasteiger partial charge in [-0.05, 0) is 35.7 Å². The maximum Gasteiger partial charge on any atom is 0.315 e. The Kier molecular flexibility index (Phi) is 6.45. The van der Waals surface area contributed by atoms with Gasteiger partial charge in [-0.15, -0.1) is 0 Å². The average molecular weight is 344 g/mol.